The van der Waals surface area contributed by atoms with E-state index in [4.69, 9.17) is 0 Å². The molecule has 0 unspecified atom stereocenters. The lowest BCUT2D eigenvalue weighted by Gasteiger charge is -2.29. The van der Waals surface area contributed by atoms with E-state index in [1.54, 1.807) is 18.5 Å². The Kier molecular flexibility index (Phi) is 5.31. The largest absolute Gasteiger partial charge is 0.393 e. The first-order valence-electron chi connectivity index (χ1n) is 9.36. The zero-order chi connectivity index (χ0) is 20.2. The van der Waals surface area contributed by atoms with Crippen LogP contribution in [0.4, 0.5) is 11.5 Å². The van der Waals surface area contributed by atoms with E-state index in [2.05, 4.69) is 20.6 Å². The van der Waals surface area contributed by atoms with E-state index < -0.39 is 6.10 Å². The van der Waals surface area contributed by atoms with Gasteiger partial charge in [0.25, 0.3) is 5.91 Å². The zero-order valence-electron chi connectivity index (χ0n) is 15.6. The highest BCUT2D eigenvalue weighted by Crippen LogP contribution is 2.29. The monoisotopic (exact) mass is 388 g/mol. The van der Waals surface area contributed by atoms with Crippen LogP contribution in [0.1, 0.15) is 23.2 Å². The molecule has 4 rings (SSSR count). The van der Waals surface area contributed by atoms with Crippen molar-refractivity contribution in [2.45, 2.75) is 18.9 Å². The van der Waals surface area contributed by atoms with Gasteiger partial charge in [0.15, 0.2) is 0 Å². The molecule has 0 aliphatic heterocycles. The molecule has 3 N–H and O–H groups in total. The van der Waals surface area contributed by atoms with Gasteiger partial charge in [0, 0.05) is 29.4 Å². The van der Waals surface area contributed by atoms with Crippen LogP contribution in [-0.2, 0) is 4.79 Å². The molecule has 0 saturated heterocycles. The number of aliphatic hydroxyl groups excluding tert-OH is 1. The fourth-order valence-electron chi connectivity index (χ4n) is 3.23. The van der Waals surface area contributed by atoms with Crippen molar-refractivity contribution in [1.29, 1.82) is 0 Å². The Hall–Kier alpha value is -3.58. The number of aliphatic hydroxyl groups is 1. The Morgan fingerprint density at radius 3 is 2.55 bits per heavy atom. The van der Waals surface area contributed by atoms with Crippen molar-refractivity contribution in [2.75, 3.05) is 10.6 Å². The summed E-state index contributed by atoms with van der Waals surface area (Å²) in [6, 6.07) is 14.7. The van der Waals surface area contributed by atoms with Gasteiger partial charge in [0.1, 0.15) is 5.82 Å². The van der Waals surface area contributed by atoms with Crippen LogP contribution in [0.15, 0.2) is 67.1 Å². The molecule has 146 valence electrons. The Morgan fingerprint density at radius 1 is 1.00 bits per heavy atom. The molecule has 7 nitrogen and oxygen atoms in total. The molecule has 0 spiro atoms. The molecule has 1 saturated carbocycles. The second-order valence-corrected chi connectivity index (χ2v) is 6.98. The second kappa shape index (κ2) is 8.20. The predicted molar refractivity (Wildman–Crippen MR) is 109 cm³/mol. The number of carbonyl (C=O) groups is 2. The lowest BCUT2D eigenvalue weighted by Crippen LogP contribution is -2.37. The van der Waals surface area contributed by atoms with Crippen molar-refractivity contribution < 1.29 is 14.7 Å². The van der Waals surface area contributed by atoms with Crippen molar-refractivity contribution in [1.82, 2.24) is 9.97 Å². The molecule has 7 heteroatoms. The van der Waals surface area contributed by atoms with E-state index in [1.807, 2.05) is 36.4 Å². The topological polar surface area (TPSA) is 104 Å². The summed E-state index contributed by atoms with van der Waals surface area (Å²) in [5, 5.41) is 14.9. The number of hydrogen-bond acceptors (Lipinski definition) is 5. The van der Waals surface area contributed by atoms with E-state index in [9.17, 15) is 14.7 Å². The minimum atomic E-state index is -0.408. The minimum Gasteiger partial charge on any atom is -0.393 e. The molecule has 2 heterocycles. The maximum atomic E-state index is 12.8. The van der Waals surface area contributed by atoms with Gasteiger partial charge in [-0.3, -0.25) is 14.6 Å². The highest BCUT2D eigenvalue weighted by molar-refractivity contribution is 6.06. The number of nitrogens with one attached hydrogen (secondary N) is 2. The fourth-order valence-corrected chi connectivity index (χ4v) is 3.23. The van der Waals surface area contributed by atoms with Crippen LogP contribution in [0.2, 0.25) is 0 Å². The summed E-state index contributed by atoms with van der Waals surface area (Å²) in [5.74, 6) is -0.433. The van der Waals surface area contributed by atoms with E-state index in [1.165, 1.54) is 12.3 Å². The maximum absolute atomic E-state index is 12.8. The molecular formula is C22H20N4O3. The van der Waals surface area contributed by atoms with Crippen molar-refractivity contribution in [3.05, 3.63) is 72.7 Å². The van der Waals surface area contributed by atoms with Crippen molar-refractivity contribution >= 4 is 23.3 Å². The van der Waals surface area contributed by atoms with Crippen LogP contribution in [0.3, 0.4) is 0 Å². The van der Waals surface area contributed by atoms with E-state index in [0.717, 1.165) is 11.1 Å². The van der Waals surface area contributed by atoms with Crippen LogP contribution in [-0.4, -0.2) is 33.0 Å². The van der Waals surface area contributed by atoms with Gasteiger partial charge in [-0.25, -0.2) is 4.98 Å². The summed E-state index contributed by atoms with van der Waals surface area (Å²) in [4.78, 5) is 33.1. The molecule has 2 aromatic heterocycles. The second-order valence-electron chi connectivity index (χ2n) is 6.98. The van der Waals surface area contributed by atoms with Crippen molar-refractivity contribution in [3.63, 3.8) is 0 Å². The van der Waals surface area contributed by atoms with Gasteiger partial charge in [-0.2, -0.15) is 0 Å². The van der Waals surface area contributed by atoms with E-state index >= 15 is 0 Å². The van der Waals surface area contributed by atoms with Gasteiger partial charge < -0.3 is 15.7 Å². The van der Waals surface area contributed by atoms with Crippen LogP contribution >= 0.6 is 0 Å². The third-order valence-electron chi connectivity index (χ3n) is 4.91. The molecule has 1 fully saturated rings. The van der Waals surface area contributed by atoms with Crippen LogP contribution in [0.5, 0.6) is 0 Å². The number of nitrogens with zero attached hydrogens (tertiary/aromatic N) is 2. The molecular weight excluding hydrogens is 368 g/mol. The molecule has 0 radical (unpaired) electrons. The summed E-state index contributed by atoms with van der Waals surface area (Å²) < 4.78 is 0. The van der Waals surface area contributed by atoms with Crippen molar-refractivity contribution in [3.8, 4) is 11.1 Å². The van der Waals surface area contributed by atoms with Crippen LogP contribution in [0, 0.1) is 5.92 Å². The Morgan fingerprint density at radius 2 is 1.79 bits per heavy atom. The zero-order valence-corrected chi connectivity index (χ0v) is 15.6. The Bertz CT molecular complexity index is 1030. The molecule has 1 aromatic carbocycles. The van der Waals surface area contributed by atoms with Gasteiger partial charge >= 0.3 is 0 Å². The summed E-state index contributed by atoms with van der Waals surface area (Å²) in [7, 11) is 0. The first-order chi connectivity index (χ1) is 14.1. The average Bonchev–Trinajstić information content (AvgIpc) is 2.72. The third kappa shape index (κ3) is 4.30. The Balaban J connectivity index is 1.49. The fraction of sp³-hybridized carbons (Fsp3) is 0.182. The summed E-state index contributed by atoms with van der Waals surface area (Å²) in [6.45, 7) is 0. The molecule has 1 aliphatic carbocycles. The molecule has 29 heavy (non-hydrogen) atoms. The van der Waals surface area contributed by atoms with Crippen LogP contribution in [0.25, 0.3) is 11.1 Å². The normalized spacial score (nSPS) is 17.8. The minimum absolute atomic E-state index is 0.195. The number of amides is 2. The SMILES string of the molecule is O=C(Nc1cnccc1-c1ccccc1)c1ccnc(NC(=O)[C@H]2C[C@H](O)C2)c1. The maximum Gasteiger partial charge on any atom is 0.255 e. The number of aromatic nitrogens is 2. The van der Waals surface area contributed by atoms with Gasteiger partial charge in [0.2, 0.25) is 5.91 Å². The van der Waals surface area contributed by atoms with Gasteiger partial charge in [-0.1, -0.05) is 30.3 Å². The molecule has 0 atom stereocenters. The number of hydrogen-bond donors (Lipinski definition) is 3. The predicted octanol–water partition coefficient (Wildman–Crippen LogP) is 3.11. The van der Waals surface area contributed by atoms with Gasteiger partial charge in [-0.15, -0.1) is 0 Å². The van der Waals surface area contributed by atoms with Crippen molar-refractivity contribution in [2.24, 2.45) is 5.92 Å². The first-order valence-corrected chi connectivity index (χ1v) is 9.36. The van der Waals surface area contributed by atoms with Gasteiger partial charge in [0.05, 0.1) is 18.0 Å². The smallest absolute Gasteiger partial charge is 0.255 e. The van der Waals surface area contributed by atoms with Crippen LogP contribution < -0.4 is 10.6 Å². The standard InChI is InChI=1S/C22H20N4O3/c27-17-10-16(11-17)22(29)26-20-12-15(6-9-24-20)21(28)25-19-13-23-8-7-18(19)14-4-2-1-3-5-14/h1-9,12-13,16-17,27H,10-11H2,(H,25,28)(H,24,26,29)/t16-,17-. The quantitative estimate of drug-likeness (QED) is 0.623. The van der Waals surface area contributed by atoms with Gasteiger partial charge in [-0.05, 0) is 36.6 Å². The highest BCUT2D eigenvalue weighted by atomic mass is 16.3. The number of anilines is 2. The highest BCUT2D eigenvalue weighted by Gasteiger charge is 2.33. The number of rotatable bonds is 5. The average molecular weight is 388 g/mol. The number of pyridine rings is 2. The molecule has 1 aliphatic rings. The lowest BCUT2D eigenvalue weighted by molar-refractivity contribution is -0.126. The van der Waals surface area contributed by atoms with E-state index in [-0.39, 0.29) is 17.7 Å². The number of carbonyl (C=O) groups excluding carboxylic acids is 2. The summed E-state index contributed by atoms with van der Waals surface area (Å²) in [5.41, 5.74) is 2.79. The molecule has 0 bridgehead atoms. The Labute approximate surface area is 167 Å². The summed E-state index contributed by atoms with van der Waals surface area (Å²) >= 11 is 0. The molecule has 3 aromatic rings. The third-order valence-corrected chi connectivity index (χ3v) is 4.91. The number of benzene rings is 1. The van der Waals surface area contributed by atoms with E-state index in [0.29, 0.717) is 29.9 Å². The molecule has 2 amide bonds. The summed E-state index contributed by atoms with van der Waals surface area (Å²) in [6.07, 6.45) is 5.25. The lowest BCUT2D eigenvalue weighted by atomic mass is 9.82. The first kappa shape index (κ1) is 18.8.